The lowest BCUT2D eigenvalue weighted by atomic mass is 9.96. The first-order chi connectivity index (χ1) is 14.6. The molecule has 0 radical (unpaired) electrons. The van der Waals surface area contributed by atoms with Crippen LogP contribution in [-0.4, -0.2) is 35.9 Å². The van der Waals surface area contributed by atoms with E-state index >= 15 is 0 Å². The van der Waals surface area contributed by atoms with Crippen molar-refractivity contribution in [2.24, 2.45) is 5.92 Å². The fourth-order valence-corrected chi connectivity index (χ4v) is 5.50. The first-order valence-electron chi connectivity index (χ1n) is 10.8. The van der Waals surface area contributed by atoms with Crippen LogP contribution in [0.15, 0.2) is 29.6 Å². The molecule has 4 rings (SSSR count). The number of hydrogen-bond acceptors (Lipinski definition) is 6. The molecule has 2 heterocycles. The second kappa shape index (κ2) is 9.81. The summed E-state index contributed by atoms with van der Waals surface area (Å²) in [5, 5.41) is 29.3. The molecule has 6 nitrogen and oxygen atoms in total. The van der Waals surface area contributed by atoms with Crippen molar-refractivity contribution in [3.05, 3.63) is 46.3 Å². The predicted molar refractivity (Wildman–Crippen MR) is 120 cm³/mol. The highest BCUT2D eigenvalue weighted by molar-refractivity contribution is 7.14. The second-order valence-corrected chi connectivity index (χ2v) is 9.17. The summed E-state index contributed by atoms with van der Waals surface area (Å²) in [6, 6.07) is 7.65. The Morgan fingerprint density at radius 3 is 2.50 bits per heavy atom. The Bertz CT molecular complexity index is 839. The number of aliphatic hydroxyl groups excluding tert-OH is 1. The van der Waals surface area contributed by atoms with Gasteiger partial charge in [-0.1, -0.05) is 25.0 Å². The van der Waals surface area contributed by atoms with Gasteiger partial charge in [-0.3, -0.25) is 0 Å². The van der Waals surface area contributed by atoms with Crippen LogP contribution in [-0.2, 0) is 4.74 Å². The lowest BCUT2D eigenvalue weighted by Crippen LogP contribution is -2.22. The molecule has 0 spiro atoms. The normalized spacial score (nSPS) is 19.0. The van der Waals surface area contributed by atoms with Crippen LogP contribution < -0.4 is 10.6 Å². The molecular formula is C23H30N2O4S. The predicted octanol–water partition coefficient (Wildman–Crippen LogP) is 5.05. The van der Waals surface area contributed by atoms with Gasteiger partial charge < -0.3 is 25.6 Å². The molecule has 0 amide bonds. The summed E-state index contributed by atoms with van der Waals surface area (Å²) in [5.41, 5.74) is 2.95. The number of carboxylic acids is 1. The van der Waals surface area contributed by atoms with Crippen molar-refractivity contribution >= 4 is 28.0 Å². The van der Waals surface area contributed by atoms with Gasteiger partial charge in [0.1, 0.15) is 5.00 Å². The quantitative estimate of drug-likeness (QED) is 0.438. The van der Waals surface area contributed by atoms with Crippen LogP contribution >= 0.6 is 11.3 Å². The van der Waals surface area contributed by atoms with Crippen LogP contribution in [0.25, 0.3) is 0 Å². The van der Waals surface area contributed by atoms with E-state index in [0.29, 0.717) is 28.0 Å². The minimum atomic E-state index is -0.956. The van der Waals surface area contributed by atoms with Crippen LogP contribution in [0.2, 0.25) is 0 Å². The van der Waals surface area contributed by atoms with Crippen LogP contribution in [0.3, 0.4) is 0 Å². The van der Waals surface area contributed by atoms with E-state index in [1.807, 2.05) is 29.6 Å². The molecule has 2 aromatic rings. The molecule has 1 saturated heterocycles. The number of anilines is 2. The van der Waals surface area contributed by atoms with Crippen molar-refractivity contribution in [2.45, 2.75) is 50.7 Å². The Labute approximate surface area is 181 Å². The van der Waals surface area contributed by atoms with Gasteiger partial charge in [-0.15, -0.1) is 11.3 Å². The Morgan fingerprint density at radius 2 is 1.83 bits per heavy atom. The van der Waals surface area contributed by atoms with Crippen LogP contribution in [0.4, 0.5) is 10.7 Å². The minimum absolute atomic E-state index is 0.320. The van der Waals surface area contributed by atoms with Crippen LogP contribution in [0, 0.1) is 5.92 Å². The van der Waals surface area contributed by atoms with E-state index in [1.165, 1.54) is 11.3 Å². The largest absolute Gasteiger partial charge is 0.478 e. The maximum Gasteiger partial charge on any atom is 0.338 e. The number of nitrogens with one attached hydrogen (secondary N) is 2. The molecule has 1 aromatic heterocycles. The lowest BCUT2D eigenvalue weighted by Gasteiger charge is -2.22. The second-order valence-electron chi connectivity index (χ2n) is 8.29. The van der Waals surface area contributed by atoms with Gasteiger partial charge in [0.15, 0.2) is 6.23 Å². The van der Waals surface area contributed by atoms with Crippen LogP contribution in [0.5, 0.6) is 0 Å². The van der Waals surface area contributed by atoms with E-state index in [-0.39, 0.29) is 0 Å². The third-order valence-electron chi connectivity index (χ3n) is 6.26. The molecule has 1 unspecified atom stereocenters. The number of ether oxygens (including phenoxy) is 1. The number of aliphatic hydroxyl groups is 1. The fourth-order valence-electron chi connectivity index (χ4n) is 4.44. The van der Waals surface area contributed by atoms with E-state index in [2.05, 4.69) is 10.6 Å². The molecule has 7 heteroatoms. The summed E-state index contributed by atoms with van der Waals surface area (Å²) in [6.45, 7) is 2.60. The number of benzene rings is 1. The zero-order valence-electron chi connectivity index (χ0n) is 17.1. The molecule has 2 fully saturated rings. The first-order valence-corrected chi connectivity index (χ1v) is 11.7. The van der Waals surface area contributed by atoms with Gasteiger partial charge in [-0.05, 0) is 60.6 Å². The van der Waals surface area contributed by atoms with Crippen molar-refractivity contribution < 1.29 is 19.7 Å². The maximum atomic E-state index is 11.9. The molecule has 2 aliphatic rings. The Hall–Kier alpha value is -2.09. The summed E-state index contributed by atoms with van der Waals surface area (Å²) in [4.78, 5) is 11.9. The smallest absolute Gasteiger partial charge is 0.338 e. The molecule has 162 valence electrons. The molecule has 0 bridgehead atoms. The molecule has 4 N–H and O–H groups in total. The first kappa shape index (κ1) is 21.2. The van der Waals surface area contributed by atoms with E-state index < -0.39 is 12.2 Å². The summed E-state index contributed by atoms with van der Waals surface area (Å²) < 4.78 is 5.40. The van der Waals surface area contributed by atoms with Crippen molar-refractivity contribution in [1.29, 1.82) is 0 Å². The number of carboxylic acid groups (broad SMARTS) is 1. The molecule has 1 aliphatic carbocycles. The Morgan fingerprint density at radius 1 is 1.13 bits per heavy atom. The zero-order chi connectivity index (χ0) is 20.9. The molecule has 30 heavy (non-hydrogen) atoms. The van der Waals surface area contributed by atoms with E-state index in [0.717, 1.165) is 69.5 Å². The lowest BCUT2D eigenvalue weighted by molar-refractivity contribution is 0.0694. The van der Waals surface area contributed by atoms with E-state index in [1.54, 1.807) is 0 Å². The number of aromatic carboxylic acids is 1. The monoisotopic (exact) mass is 430 g/mol. The fraction of sp³-hybridized carbons (Fsp3) is 0.522. The average Bonchev–Trinajstić information content (AvgIpc) is 3.43. The van der Waals surface area contributed by atoms with Gasteiger partial charge in [-0.25, -0.2) is 4.79 Å². The number of hydrogen-bond donors (Lipinski definition) is 4. The van der Waals surface area contributed by atoms with Gasteiger partial charge >= 0.3 is 5.97 Å². The average molecular weight is 431 g/mol. The highest BCUT2D eigenvalue weighted by atomic mass is 32.1. The third kappa shape index (κ3) is 4.96. The summed E-state index contributed by atoms with van der Waals surface area (Å²) in [6.07, 6.45) is 5.61. The van der Waals surface area contributed by atoms with Crippen molar-refractivity contribution in [1.82, 2.24) is 0 Å². The topological polar surface area (TPSA) is 90.8 Å². The number of carbonyl (C=O) groups is 1. The third-order valence-corrected chi connectivity index (χ3v) is 7.19. The van der Waals surface area contributed by atoms with Gasteiger partial charge in [0.25, 0.3) is 0 Å². The molecule has 1 aromatic carbocycles. The van der Waals surface area contributed by atoms with Crippen LogP contribution in [0.1, 0.15) is 72.2 Å². The maximum absolute atomic E-state index is 11.9. The van der Waals surface area contributed by atoms with E-state index in [4.69, 9.17) is 4.74 Å². The summed E-state index contributed by atoms with van der Waals surface area (Å²) >= 11 is 1.37. The highest BCUT2D eigenvalue weighted by Crippen LogP contribution is 2.41. The number of rotatable bonds is 8. The molecule has 1 aliphatic heterocycles. The van der Waals surface area contributed by atoms with Gasteiger partial charge in [-0.2, -0.15) is 0 Å². The molecule has 1 saturated carbocycles. The van der Waals surface area contributed by atoms with Gasteiger partial charge in [0, 0.05) is 31.0 Å². The molecule has 1 atom stereocenters. The van der Waals surface area contributed by atoms with Crippen molar-refractivity contribution in [3.8, 4) is 0 Å². The minimum Gasteiger partial charge on any atom is -0.478 e. The summed E-state index contributed by atoms with van der Waals surface area (Å²) in [7, 11) is 0. The Balaban J connectivity index is 1.38. The molecular weight excluding hydrogens is 400 g/mol. The number of thiophene rings is 1. The van der Waals surface area contributed by atoms with Gasteiger partial charge in [0.2, 0.25) is 0 Å². The zero-order valence-corrected chi connectivity index (χ0v) is 17.9. The highest BCUT2D eigenvalue weighted by Gasteiger charge is 2.27. The Kier molecular flexibility index (Phi) is 6.92. The SMILES string of the molecule is O=C(O)c1c(C2CCCC2)csc1NC(O)c1ccc(NCC2CCOCC2)cc1. The van der Waals surface area contributed by atoms with Gasteiger partial charge in [0.05, 0.1) is 5.56 Å². The standard InChI is InChI=1S/C23H30N2O4S/c26-21(17-5-7-18(8-6-17)24-13-15-9-11-29-12-10-15)25-22-20(23(27)28)19(14-30-22)16-3-1-2-4-16/h5-8,14-16,21,24-26H,1-4,9-13H2,(H,27,28). The summed E-state index contributed by atoms with van der Waals surface area (Å²) in [5.74, 6) is 0.0228. The van der Waals surface area contributed by atoms with Crippen molar-refractivity contribution in [2.75, 3.05) is 30.4 Å². The van der Waals surface area contributed by atoms with Crippen molar-refractivity contribution in [3.63, 3.8) is 0 Å². The van der Waals surface area contributed by atoms with E-state index in [9.17, 15) is 15.0 Å².